The van der Waals surface area contributed by atoms with Crippen molar-refractivity contribution in [1.82, 2.24) is 4.98 Å². The van der Waals surface area contributed by atoms with Gasteiger partial charge >= 0.3 is 18.1 Å². The van der Waals surface area contributed by atoms with E-state index in [0.29, 0.717) is 49.1 Å². The van der Waals surface area contributed by atoms with Crippen molar-refractivity contribution in [2.75, 3.05) is 31.8 Å². The number of aliphatic carboxylic acids is 1. The predicted molar refractivity (Wildman–Crippen MR) is 128 cm³/mol. The fourth-order valence-electron chi connectivity index (χ4n) is 3.85. The van der Waals surface area contributed by atoms with Crippen molar-refractivity contribution in [3.05, 3.63) is 71.4 Å². The number of ether oxygens (including phenoxy) is 2. The fourth-order valence-corrected chi connectivity index (χ4v) is 3.85. The zero-order valence-electron chi connectivity index (χ0n) is 20.4. The Morgan fingerprint density at radius 2 is 1.86 bits per heavy atom. The Kier molecular flexibility index (Phi) is 8.87. The number of anilines is 1. The molecule has 0 amide bonds. The number of methoxy groups -OCH3 is 1. The maximum absolute atomic E-state index is 13.0. The van der Waals surface area contributed by atoms with Crippen LogP contribution in [0.3, 0.4) is 0 Å². The number of carboxylic acid groups (broad SMARTS) is 1. The van der Waals surface area contributed by atoms with Gasteiger partial charge in [-0.15, -0.1) is 0 Å². The van der Waals surface area contributed by atoms with Crippen LogP contribution in [0.2, 0.25) is 0 Å². The first-order chi connectivity index (χ1) is 17.1. The van der Waals surface area contributed by atoms with Crippen LogP contribution in [0.25, 0.3) is 11.3 Å². The summed E-state index contributed by atoms with van der Waals surface area (Å²) in [6.07, 6.45) is -2.11. The van der Waals surface area contributed by atoms with Gasteiger partial charge in [0, 0.05) is 18.7 Å². The Hall–Kier alpha value is -3.66. The zero-order valence-corrected chi connectivity index (χ0v) is 20.4. The number of hydrogen-bond donors (Lipinski definition) is 1. The van der Waals surface area contributed by atoms with Crippen LogP contribution in [0.5, 0.6) is 5.75 Å². The van der Waals surface area contributed by atoms with E-state index in [-0.39, 0.29) is 0 Å². The molecule has 0 aliphatic carbocycles. The number of carboxylic acids is 1. The minimum absolute atomic E-state index is 0.414. The summed E-state index contributed by atoms with van der Waals surface area (Å²) in [5.74, 6) is 0.104. The molecule has 1 aromatic heterocycles. The van der Waals surface area contributed by atoms with Crippen molar-refractivity contribution in [3.63, 3.8) is 0 Å². The van der Waals surface area contributed by atoms with Crippen molar-refractivity contribution >= 4 is 11.9 Å². The highest BCUT2D eigenvalue weighted by Crippen LogP contribution is 2.30. The molecule has 10 heteroatoms. The molecule has 2 aromatic carbocycles. The van der Waals surface area contributed by atoms with E-state index in [1.54, 1.807) is 25.4 Å². The number of alkyl halides is 3. The van der Waals surface area contributed by atoms with Crippen molar-refractivity contribution < 1.29 is 37.1 Å². The van der Waals surface area contributed by atoms with E-state index in [1.165, 1.54) is 12.1 Å². The minimum atomic E-state index is -4.40. The average Bonchev–Trinajstić information content (AvgIpc) is 2.85. The first-order valence-electron chi connectivity index (χ1n) is 11.4. The number of aryl methyl sites for hydroxylation is 1. The Morgan fingerprint density at radius 3 is 2.47 bits per heavy atom. The smallest absolute Gasteiger partial charge is 0.416 e. The molecule has 0 saturated carbocycles. The molecule has 0 unspecified atom stereocenters. The van der Waals surface area contributed by atoms with Gasteiger partial charge in [-0.3, -0.25) is 4.90 Å². The summed E-state index contributed by atoms with van der Waals surface area (Å²) in [5, 5.41) is 8.90. The zero-order chi connectivity index (χ0) is 26.3. The number of benzene rings is 2. The molecular weight excluding hydrogens is 475 g/mol. The molecule has 0 fully saturated rings. The van der Waals surface area contributed by atoms with Gasteiger partial charge in [-0.2, -0.15) is 13.2 Å². The molecule has 0 atom stereocenters. The first-order valence-corrected chi connectivity index (χ1v) is 11.4. The summed E-state index contributed by atoms with van der Waals surface area (Å²) in [7, 11) is 3.42. The minimum Gasteiger partial charge on any atom is -0.482 e. The summed E-state index contributed by atoms with van der Waals surface area (Å²) in [6.45, 7) is 2.99. The molecule has 3 aromatic rings. The third-order valence-corrected chi connectivity index (χ3v) is 5.67. The lowest BCUT2D eigenvalue weighted by Crippen LogP contribution is -2.43. The average molecular weight is 505 g/mol. The number of halogens is 3. The van der Waals surface area contributed by atoms with Crippen LogP contribution >= 0.6 is 0 Å². The van der Waals surface area contributed by atoms with Crippen molar-refractivity contribution in [3.8, 4) is 17.0 Å². The molecule has 192 valence electrons. The van der Waals surface area contributed by atoms with E-state index in [1.807, 2.05) is 35.6 Å². The summed E-state index contributed by atoms with van der Waals surface area (Å²) < 4.78 is 51.5. The van der Waals surface area contributed by atoms with E-state index >= 15 is 0 Å². The standard InChI is InChI=1S/C26H28F3N3O4/c1-4-19-15-18(5-10-23(19)36-17-24(33)34)16-32(13-14-35-3)25-30-12-11-22(31(25)2)20-6-8-21(9-7-20)26(27,28)29/h5-12,15H,4,13-14,16-17H2,1-3H3/p+1. The van der Waals surface area contributed by atoms with Crippen molar-refractivity contribution in [1.29, 1.82) is 0 Å². The van der Waals surface area contributed by atoms with Gasteiger partial charge in [-0.1, -0.05) is 30.1 Å². The highest BCUT2D eigenvalue weighted by molar-refractivity contribution is 5.68. The molecule has 0 spiro atoms. The van der Waals surface area contributed by atoms with Gasteiger partial charge in [0.05, 0.1) is 32.3 Å². The van der Waals surface area contributed by atoms with Crippen LogP contribution < -0.4 is 14.2 Å². The highest BCUT2D eigenvalue weighted by atomic mass is 19.4. The van der Waals surface area contributed by atoms with E-state index in [4.69, 9.17) is 14.6 Å². The topological polar surface area (TPSA) is 75.8 Å². The van der Waals surface area contributed by atoms with E-state index < -0.39 is 24.3 Å². The maximum Gasteiger partial charge on any atom is 0.416 e. The van der Waals surface area contributed by atoms with Crippen LogP contribution in [0.4, 0.5) is 19.1 Å². The van der Waals surface area contributed by atoms with Crippen molar-refractivity contribution in [2.24, 2.45) is 7.05 Å². The number of nitrogens with zero attached hydrogens (tertiary/aromatic N) is 3. The normalized spacial score (nSPS) is 11.4. The van der Waals surface area contributed by atoms with Gasteiger partial charge in [0.2, 0.25) is 0 Å². The summed E-state index contributed by atoms with van der Waals surface area (Å²) in [4.78, 5) is 17.4. The third-order valence-electron chi connectivity index (χ3n) is 5.67. The van der Waals surface area contributed by atoms with Gasteiger partial charge < -0.3 is 14.6 Å². The lowest BCUT2D eigenvalue weighted by Gasteiger charge is -2.20. The summed E-state index contributed by atoms with van der Waals surface area (Å²) in [5.41, 5.74) is 2.49. The highest BCUT2D eigenvalue weighted by Gasteiger charge is 2.30. The van der Waals surface area contributed by atoms with Gasteiger partial charge in [0.1, 0.15) is 17.6 Å². The molecule has 3 rings (SSSR count). The van der Waals surface area contributed by atoms with Crippen LogP contribution in [0.1, 0.15) is 23.6 Å². The Morgan fingerprint density at radius 1 is 1.14 bits per heavy atom. The second kappa shape index (κ2) is 11.9. The number of aromatic nitrogens is 2. The molecule has 0 radical (unpaired) electrons. The van der Waals surface area contributed by atoms with E-state index in [9.17, 15) is 18.0 Å². The third kappa shape index (κ3) is 6.72. The van der Waals surface area contributed by atoms with Crippen LogP contribution in [0, 0.1) is 0 Å². The van der Waals surface area contributed by atoms with Crippen molar-refractivity contribution in [2.45, 2.75) is 26.1 Å². The van der Waals surface area contributed by atoms with Crippen LogP contribution in [-0.2, 0) is 35.7 Å². The van der Waals surface area contributed by atoms with E-state index in [2.05, 4.69) is 4.98 Å². The monoisotopic (exact) mass is 504 g/mol. The molecule has 1 heterocycles. The maximum atomic E-state index is 13.0. The lowest BCUT2D eigenvalue weighted by molar-refractivity contribution is -0.650. The number of rotatable bonds is 11. The van der Waals surface area contributed by atoms with Gasteiger partial charge in [-0.05, 0) is 41.8 Å². The predicted octanol–water partition coefficient (Wildman–Crippen LogP) is 4.27. The first kappa shape index (κ1) is 26.9. The lowest BCUT2D eigenvalue weighted by atomic mass is 10.1. The number of carbonyl (C=O) groups is 1. The molecule has 0 aliphatic rings. The SMILES string of the molecule is CCc1cc(CN(CCOC)c2nccc(-c3ccc(C(F)(F)F)cc3)[n+]2C)ccc1OCC(=O)O. The van der Waals surface area contributed by atoms with Gasteiger partial charge in [-0.25, -0.2) is 9.36 Å². The largest absolute Gasteiger partial charge is 0.482 e. The molecule has 0 bridgehead atoms. The molecule has 7 nitrogen and oxygen atoms in total. The summed E-state index contributed by atoms with van der Waals surface area (Å²) >= 11 is 0. The number of hydrogen-bond acceptors (Lipinski definition) is 5. The second-order valence-electron chi connectivity index (χ2n) is 8.16. The summed E-state index contributed by atoms with van der Waals surface area (Å²) in [6, 6.07) is 12.4. The molecule has 36 heavy (non-hydrogen) atoms. The van der Waals surface area contributed by atoms with E-state index in [0.717, 1.165) is 23.3 Å². The quantitative estimate of drug-likeness (QED) is 0.393. The van der Waals surface area contributed by atoms with Gasteiger partial charge in [0.15, 0.2) is 6.61 Å². The Labute approximate surface area is 207 Å². The fraction of sp³-hybridized carbons (Fsp3) is 0.346. The Balaban J connectivity index is 1.92. The van der Waals surface area contributed by atoms with Crippen LogP contribution in [-0.4, -0.2) is 42.9 Å². The molecule has 0 saturated heterocycles. The molecule has 0 aliphatic heterocycles. The molecule has 1 N–H and O–H groups in total. The second-order valence-corrected chi connectivity index (χ2v) is 8.16. The Bertz CT molecular complexity index is 1180. The molecular formula is C26H29F3N3O4+. The van der Waals surface area contributed by atoms with Gasteiger partial charge in [0.25, 0.3) is 0 Å². The van der Waals surface area contributed by atoms with Crippen LogP contribution in [0.15, 0.2) is 54.7 Å².